The average molecular weight is 251 g/mol. The van der Waals surface area contributed by atoms with Gasteiger partial charge in [-0.15, -0.1) is 0 Å². The Balaban J connectivity index is 2.34. The molecule has 4 amide bonds. The molecule has 2 aliphatic rings. The van der Waals surface area contributed by atoms with E-state index in [1.165, 1.54) is 0 Å². The van der Waals surface area contributed by atoms with Gasteiger partial charge in [0.25, 0.3) is 0 Å². The summed E-state index contributed by atoms with van der Waals surface area (Å²) in [5.41, 5.74) is -3.67. The molecule has 0 unspecified atom stereocenters. The number of thiol groups is 1. The second kappa shape index (κ2) is 2.99. The first-order chi connectivity index (χ1) is 7.03. The van der Waals surface area contributed by atoms with Crippen LogP contribution < -0.4 is 0 Å². The van der Waals surface area contributed by atoms with Crippen LogP contribution in [0, 0.1) is 0 Å². The second-order valence-corrected chi connectivity index (χ2v) is 5.69. The third kappa shape index (κ3) is 0.847. The first-order valence-corrected chi connectivity index (χ1v) is 5.72. The van der Waals surface area contributed by atoms with Crippen molar-refractivity contribution in [1.82, 2.24) is 10.1 Å². The number of carbonyl (C=O) groups is 4. The number of carbonyl (C=O) groups excluding carboxylic acids is 4. The lowest BCUT2D eigenvalue weighted by Crippen LogP contribution is -2.64. The lowest BCUT2D eigenvalue weighted by Gasteiger charge is -2.39. The molecule has 0 aromatic rings. The van der Waals surface area contributed by atoms with Crippen molar-refractivity contribution in [1.29, 1.82) is 0 Å². The Hall–Kier alpha value is -1.02. The van der Waals surface area contributed by atoms with Crippen molar-refractivity contribution in [2.45, 2.75) is 0 Å². The van der Waals surface area contributed by atoms with Crippen LogP contribution in [0.5, 0.6) is 0 Å². The van der Waals surface area contributed by atoms with Crippen LogP contribution in [0.15, 0.2) is 0 Å². The van der Waals surface area contributed by atoms with Crippen LogP contribution in [-0.4, -0.2) is 39.8 Å². The molecule has 0 saturated carbocycles. The third-order valence-electron chi connectivity index (χ3n) is 2.11. The zero-order valence-corrected chi connectivity index (χ0v) is 9.03. The summed E-state index contributed by atoms with van der Waals surface area (Å²) in [6.07, 6.45) is 0. The van der Waals surface area contributed by atoms with Crippen LogP contribution in [-0.2, 0) is 9.12 Å². The smallest absolute Gasteiger partial charge is 0.261 e. The molecule has 10 heteroatoms. The number of hydroxylamine groups is 4. The lowest BCUT2D eigenvalue weighted by atomic mass is 11.0. The lowest BCUT2D eigenvalue weighted by molar-refractivity contribution is -0.0368. The largest absolute Gasteiger partial charge is 0.429 e. The van der Waals surface area contributed by atoms with Gasteiger partial charge in [-0.1, -0.05) is 10.1 Å². The normalized spacial score (nSPS) is 23.3. The summed E-state index contributed by atoms with van der Waals surface area (Å²) >= 11 is 3.25. The topological polar surface area (TPSA) is 93.2 Å². The van der Waals surface area contributed by atoms with Crippen molar-refractivity contribution in [3.05, 3.63) is 0 Å². The highest BCUT2D eigenvalue weighted by Gasteiger charge is 2.93. The quantitative estimate of drug-likeness (QED) is 0.453. The number of amides is 4. The molecule has 0 aromatic carbocycles. The monoisotopic (exact) mass is 251 g/mol. The predicted octanol–water partition coefficient (Wildman–Crippen LogP) is 1.45. The minimum Gasteiger partial charge on any atom is -0.261 e. The van der Waals surface area contributed by atoms with E-state index in [2.05, 4.69) is 22.0 Å². The number of hydrogen-bond acceptors (Lipinski definition) is 7. The van der Waals surface area contributed by atoms with Crippen molar-refractivity contribution >= 4 is 42.8 Å². The van der Waals surface area contributed by atoms with Crippen LogP contribution >= 0.6 is 20.2 Å². The zero-order valence-electron chi connectivity index (χ0n) is 7.24. The van der Waals surface area contributed by atoms with E-state index in [0.29, 0.717) is 5.06 Å². The molecule has 0 bridgehead atoms. The second-order valence-electron chi connectivity index (χ2n) is 2.65. The minimum atomic E-state index is -3.56. The SMILES string of the molecule is CON1C(=O)[P+]2(C1=O)C(=O)N(OS)C2=O. The molecule has 0 aromatic heterocycles. The molecule has 0 atom stereocenters. The van der Waals surface area contributed by atoms with Gasteiger partial charge in [0.15, 0.2) is 0 Å². The summed E-state index contributed by atoms with van der Waals surface area (Å²) in [5.74, 6) is 0. The fourth-order valence-electron chi connectivity index (χ4n) is 1.34. The van der Waals surface area contributed by atoms with Crippen LogP contribution in [0.25, 0.3) is 0 Å². The fraction of sp³-hybridized carbons (Fsp3) is 0.200. The summed E-state index contributed by atoms with van der Waals surface area (Å²) in [4.78, 5) is 49.8. The summed E-state index contributed by atoms with van der Waals surface area (Å²) in [5, 5.41) is 0.666. The number of nitrogens with zero attached hydrogens (tertiary/aromatic N) is 2. The van der Waals surface area contributed by atoms with Gasteiger partial charge in [0, 0.05) is 12.9 Å². The van der Waals surface area contributed by atoms with E-state index in [9.17, 15) is 19.2 Å². The Morgan fingerprint density at radius 1 is 1.00 bits per heavy atom. The maximum Gasteiger partial charge on any atom is 0.429 e. The molecule has 0 radical (unpaired) electrons. The summed E-state index contributed by atoms with van der Waals surface area (Å²) in [6.45, 7) is 0. The number of rotatable bonds is 2. The minimum absolute atomic E-state index is 0.277. The van der Waals surface area contributed by atoms with Gasteiger partial charge in [-0.3, -0.25) is 4.84 Å². The number of imide groups is 2. The first-order valence-electron chi connectivity index (χ1n) is 3.56. The highest BCUT2D eigenvalue weighted by molar-refractivity contribution is 8.30. The van der Waals surface area contributed by atoms with Gasteiger partial charge in [-0.25, -0.2) is 19.2 Å². The molecular formula is C5H4N2O6PS+. The molecule has 2 fully saturated rings. The van der Waals surface area contributed by atoms with Gasteiger partial charge >= 0.3 is 29.9 Å². The van der Waals surface area contributed by atoms with Gasteiger partial charge in [-0.05, 0) is 0 Å². The van der Waals surface area contributed by atoms with Gasteiger partial charge in [0.05, 0.1) is 7.11 Å². The molecule has 2 aliphatic heterocycles. The molecular weight excluding hydrogens is 247 g/mol. The van der Waals surface area contributed by atoms with E-state index in [1.54, 1.807) is 0 Å². The summed E-state index contributed by atoms with van der Waals surface area (Å²) in [7, 11) is -2.46. The van der Waals surface area contributed by atoms with Crippen molar-refractivity contribution < 1.29 is 28.3 Å². The summed E-state index contributed by atoms with van der Waals surface area (Å²) < 4.78 is 4.10. The van der Waals surface area contributed by atoms with Crippen LogP contribution in [0.3, 0.4) is 0 Å². The van der Waals surface area contributed by atoms with E-state index < -0.39 is 29.9 Å². The Morgan fingerprint density at radius 2 is 1.40 bits per heavy atom. The van der Waals surface area contributed by atoms with Crippen LogP contribution in [0.4, 0.5) is 19.2 Å². The van der Waals surface area contributed by atoms with Crippen molar-refractivity contribution in [2.75, 3.05) is 7.11 Å². The van der Waals surface area contributed by atoms with E-state index >= 15 is 0 Å². The number of hydrogen-bond donors (Lipinski definition) is 1. The van der Waals surface area contributed by atoms with Crippen LogP contribution in [0.1, 0.15) is 0 Å². The van der Waals surface area contributed by atoms with Gasteiger partial charge in [0.2, 0.25) is 0 Å². The van der Waals surface area contributed by atoms with Crippen molar-refractivity contribution in [2.24, 2.45) is 0 Å². The molecule has 2 rings (SSSR count). The Bertz CT molecular complexity index is 337. The Morgan fingerprint density at radius 3 is 1.73 bits per heavy atom. The van der Waals surface area contributed by atoms with E-state index in [1.807, 2.05) is 0 Å². The van der Waals surface area contributed by atoms with Crippen LogP contribution in [0.2, 0.25) is 0 Å². The molecule has 2 saturated heterocycles. The molecule has 15 heavy (non-hydrogen) atoms. The third-order valence-corrected chi connectivity index (χ3v) is 5.29. The van der Waals surface area contributed by atoms with E-state index in [-0.39, 0.29) is 5.06 Å². The highest BCUT2D eigenvalue weighted by Crippen LogP contribution is 2.78. The zero-order chi connectivity index (χ0) is 11.4. The Kier molecular flexibility index (Phi) is 2.09. The van der Waals surface area contributed by atoms with Gasteiger partial charge in [0.1, 0.15) is 0 Å². The fourth-order valence-corrected chi connectivity index (χ4v) is 4.00. The molecule has 2 heterocycles. The van der Waals surface area contributed by atoms with E-state index in [0.717, 1.165) is 7.11 Å². The maximum absolute atomic E-state index is 11.4. The summed E-state index contributed by atoms with van der Waals surface area (Å²) in [6, 6.07) is 0. The van der Waals surface area contributed by atoms with Crippen molar-refractivity contribution in [3.63, 3.8) is 0 Å². The molecule has 0 aliphatic carbocycles. The molecule has 8 nitrogen and oxygen atoms in total. The predicted molar refractivity (Wildman–Crippen MR) is 49.3 cm³/mol. The van der Waals surface area contributed by atoms with E-state index in [4.69, 9.17) is 0 Å². The highest BCUT2D eigenvalue weighted by atomic mass is 32.1. The molecule has 1 spiro atoms. The van der Waals surface area contributed by atoms with Crippen molar-refractivity contribution in [3.8, 4) is 0 Å². The molecule has 0 N–H and O–H groups in total. The van der Waals surface area contributed by atoms with Gasteiger partial charge in [-0.2, -0.15) is 4.28 Å². The van der Waals surface area contributed by atoms with Gasteiger partial charge < -0.3 is 0 Å². The standard InChI is InChI=1S/C5H3N2O6PS/c1-12-6-2(8)14(3(6)9)4(10)7(13-15)5(14)11/h1H3/p+1. The molecule has 80 valence electrons. The maximum atomic E-state index is 11.4. The average Bonchev–Trinajstić information content (AvgIpc) is 2.20. The Labute approximate surface area is 88.9 Å². The first kappa shape index (κ1) is 10.5.